The molecule has 0 saturated carbocycles. The number of piperidine rings is 1. The first-order chi connectivity index (χ1) is 10.1. The Morgan fingerprint density at radius 3 is 2.59 bits per heavy atom. The lowest BCUT2D eigenvalue weighted by Crippen LogP contribution is -2.59. The molecule has 0 spiro atoms. The van der Waals surface area contributed by atoms with Crippen molar-refractivity contribution in [3.05, 3.63) is 0 Å². The van der Waals surface area contributed by atoms with Crippen LogP contribution in [0.5, 0.6) is 0 Å². The smallest absolute Gasteiger partial charge is 0.317 e. The lowest BCUT2D eigenvalue weighted by Gasteiger charge is -2.42. The van der Waals surface area contributed by atoms with Crippen molar-refractivity contribution in [1.29, 1.82) is 0 Å². The molecule has 2 unspecified atom stereocenters. The summed E-state index contributed by atoms with van der Waals surface area (Å²) in [4.78, 5) is 14.2. The maximum atomic E-state index is 12.4. The van der Waals surface area contributed by atoms with Gasteiger partial charge in [-0.3, -0.25) is 0 Å². The largest absolute Gasteiger partial charge is 0.369 e. The van der Waals surface area contributed by atoms with Crippen LogP contribution in [0.3, 0.4) is 0 Å². The molecule has 2 saturated heterocycles. The fourth-order valence-corrected chi connectivity index (χ4v) is 4.15. The summed E-state index contributed by atoms with van der Waals surface area (Å²) in [5, 5.41) is 2.97. The second-order valence-corrected chi connectivity index (χ2v) is 8.96. The standard InChI is InChI=1S/C14H27N3O4S/c1-11-8-16(10-14(2,3)21-11)13(18)15-12-6-5-7-17(9-12)22(4,19)20/h11-12H,5-10H2,1-4H3,(H,15,18). The summed E-state index contributed by atoms with van der Waals surface area (Å²) in [5.74, 6) is 0. The minimum Gasteiger partial charge on any atom is -0.369 e. The molecule has 0 bridgehead atoms. The Kier molecular flexibility index (Phi) is 5.03. The summed E-state index contributed by atoms with van der Waals surface area (Å²) in [6, 6.07) is -0.263. The number of hydrogen-bond acceptors (Lipinski definition) is 4. The molecule has 7 nitrogen and oxygen atoms in total. The minimum absolute atomic E-state index is 0.00614. The molecule has 2 fully saturated rings. The average Bonchev–Trinajstić information content (AvgIpc) is 2.35. The zero-order valence-corrected chi connectivity index (χ0v) is 14.6. The van der Waals surface area contributed by atoms with Crippen molar-refractivity contribution >= 4 is 16.1 Å². The van der Waals surface area contributed by atoms with E-state index >= 15 is 0 Å². The normalized spacial score (nSPS) is 30.1. The van der Waals surface area contributed by atoms with E-state index in [4.69, 9.17) is 4.74 Å². The van der Waals surface area contributed by atoms with Crippen LogP contribution >= 0.6 is 0 Å². The van der Waals surface area contributed by atoms with Gasteiger partial charge in [-0.25, -0.2) is 17.5 Å². The monoisotopic (exact) mass is 333 g/mol. The molecule has 2 heterocycles. The molecule has 0 aromatic carbocycles. The fraction of sp³-hybridized carbons (Fsp3) is 0.929. The van der Waals surface area contributed by atoms with Crippen LogP contribution in [0.2, 0.25) is 0 Å². The van der Waals surface area contributed by atoms with Gasteiger partial charge >= 0.3 is 6.03 Å². The van der Waals surface area contributed by atoms with Crippen molar-refractivity contribution in [2.75, 3.05) is 32.4 Å². The first-order valence-electron chi connectivity index (χ1n) is 7.75. The molecule has 0 aliphatic carbocycles. The van der Waals surface area contributed by atoms with Gasteiger partial charge in [-0.1, -0.05) is 0 Å². The molecule has 0 aromatic rings. The number of nitrogens with one attached hydrogen (secondary N) is 1. The molecule has 128 valence electrons. The molecular formula is C14H27N3O4S. The third-order valence-electron chi connectivity index (χ3n) is 4.04. The highest BCUT2D eigenvalue weighted by atomic mass is 32.2. The highest BCUT2D eigenvalue weighted by Crippen LogP contribution is 2.21. The molecule has 2 aliphatic rings. The summed E-state index contributed by atoms with van der Waals surface area (Å²) >= 11 is 0. The van der Waals surface area contributed by atoms with E-state index in [1.54, 1.807) is 4.90 Å². The number of nitrogens with zero attached hydrogens (tertiary/aromatic N) is 2. The van der Waals surface area contributed by atoms with E-state index < -0.39 is 10.0 Å². The van der Waals surface area contributed by atoms with Crippen LogP contribution in [0.1, 0.15) is 33.6 Å². The third-order valence-corrected chi connectivity index (χ3v) is 5.31. The Morgan fingerprint density at radius 2 is 2.00 bits per heavy atom. The van der Waals surface area contributed by atoms with Gasteiger partial charge in [0.15, 0.2) is 0 Å². The van der Waals surface area contributed by atoms with Crippen LogP contribution in [0, 0.1) is 0 Å². The minimum atomic E-state index is -3.20. The van der Waals surface area contributed by atoms with E-state index in [-0.39, 0.29) is 23.8 Å². The van der Waals surface area contributed by atoms with Crippen LogP contribution in [0.15, 0.2) is 0 Å². The van der Waals surface area contributed by atoms with Crippen molar-refractivity contribution < 1.29 is 17.9 Å². The highest BCUT2D eigenvalue weighted by Gasteiger charge is 2.35. The average molecular weight is 333 g/mol. The summed E-state index contributed by atoms with van der Waals surface area (Å²) in [5.41, 5.74) is -0.361. The molecule has 22 heavy (non-hydrogen) atoms. The van der Waals surface area contributed by atoms with Gasteiger partial charge in [0.2, 0.25) is 10.0 Å². The number of ether oxygens (including phenoxy) is 1. The van der Waals surface area contributed by atoms with Gasteiger partial charge in [0.05, 0.1) is 24.5 Å². The number of rotatable bonds is 2. The van der Waals surface area contributed by atoms with Gasteiger partial charge in [0, 0.05) is 25.7 Å². The van der Waals surface area contributed by atoms with Crippen LogP contribution in [-0.4, -0.2) is 73.8 Å². The van der Waals surface area contributed by atoms with Crippen LogP contribution in [-0.2, 0) is 14.8 Å². The molecule has 0 radical (unpaired) electrons. The number of amides is 2. The van der Waals surface area contributed by atoms with E-state index in [2.05, 4.69) is 5.32 Å². The third kappa shape index (κ3) is 4.57. The lowest BCUT2D eigenvalue weighted by molar-refractivity contribution is -0.117. The summed E-state index contributed by atoms with van der Waals surface area (Å²) < 4.78 is 30.5. The number of morpholine rings is 1. The van der Waals surface area contributed by atoms with Crippen molar-refractivity contribution in [2.45, 2.75) is 51.4 Å². The molecule has 2 rings (SSSR count). The number of carbonyl (C=O) groups is 1. The number of sulfonamides is 1. The predicted molar refractivity (Wildman–Crippen MR) is 84.2 cm³/mol. The van der Waals surface area contributed by atoms with Gasteiger partial charge in [-0.2, -0.15) is 0 Å². The van der Waals surface area contributed by atoms with Crippen molar-refractivity contribution in [2.24, 2.45) is 0 Å². The topological polar surface area (TPSA) is 79.0 Å². The van der Waals surface area contributed by atoms with Gasteiger partial charge < -0.3 is 15.0 Å². The number of urea groups is 1. The SMILES string of the molecule is CC1CN(C(=O)NC2CCCN(S(C)(=O)=O)C2)CC(C)(C)O1. The Labute approximate surface area is 133 Å². The first kappa shape index (κ1) is 17.5. The number of carbonyl (C=O) groups excluding carboxylic acids is 1. The van der Waals surface area contributed by atoms with E-state index in [1.165, 1.54) is 10.6 Å². The van der Waals surface area contributed by atoms with Crippen LogP contribution in [0.25, 0.3) is 0 Å². The maximum absolute atomic E-state index is 12.4. The Morgan fingerprint density at radius 1 is 1.32 bits per heavy atom. The summed E-state index contributed by atoms with van der Waals surface area (Å²) in [6.45, 7) is 7.86. The quantitative estimate of drug-likeness (QED) is 0.803. The Bertz CT molecular complexity index is 520. The number of hydrogen-bond donors (Lipinski definition) is 1. The Balaban J connectivity index is 1.94. The maximum Gasteiger partial charge on any atom is 0.317 e. The second kappa shape index (κ2) is 6.33. The van der Waals surface area contributed by atoms with Gasteiger partial charge in [-0.05, 0) is 33.6 Å². The second-order valence-electron chi connectivity index (χ2n) is 6.98. The van der Waals surface area contributed by atoms with Crippen LogP contribution in [0.4, 0.5) is 4.79 Å². The summed E-state index contributed by atoms with van der Waals surface area (Å²) in [6.07, 6.45) is 2.78. The Hall–Kier alpha value is -0.860. The van der Waals surface area contributed by atoms with E-state index in [9.17, 15) is 13.2 Å². The predicted octanol–water partition coefficient (Wildman–Crippen LogP) is 0.619. The molecule has 2 aliphatic heterocycles. The van der Waals surface area contributed by atoms with Gasteiger partial charge in [0.25, 0.3) is 0 Å². The van der Waals surface area contributed by atoms with Gasteiger partial charge in [-0.15, -0.1) is 0 Å². The van der Waals surface area contributed by atoms with Crippen molar-refractivity contribution in [3.63, 3.8) is 0 Å². The van der Waals surface area contributed by atoms with Crippen molar-refractivity contribution in [1.82, 2.24) is 14.5 Å². The zero-order chi connectivity index (χ0) is 16.5. The molecule has 2 amide bonds. The molecular weight excluding hydrogens is 306 g/mol. The highest BCUT2D eigenvalue weighted by molar-refractivity contribution is 7.88. The van der Waals surface area contributed by atoms with E-state index in [0.717, 1.165) is 12.8 Å². The fourth-order valence-electron chi connectivity index (χ4n) is 3.24. The van der Waals surface area contributed by atoms with Gasteiger partial charge in [0.1, 0.15) is 0 Å². The van der Waals surface area contributed by atoms with E-state index in [0.29, 0.717) is 26.2 Å². The molecule has 8 heteroatoms. The zero-order valence-electron chi connectivity index (χ0n) is 13.8. The first-order valence-corrected chi connectivity index (χ1v) is 9.60. The molecule has 2 atom stereocenters. The lowest BCUT2D eigenvalue weighted by atomic mass is 10.1. The van der Waals surface area contributed by atoms with E-state index in [1.807, 2.05) is 20.8 Å². The molecule has 0 aromatic heterocycles. The molecule has 1 N–H and O–H groups in total. The van der Waals surface area contributed by atoms with Crippen LogP contribution < -0.4 is 5.32 Å². The summed E-state index contributed by atoms with van der Waals surface area (Å²) in [7, 11) is -3.20. The van der Waals surface area contributed by atoms with Crippen molar-refractivity contribution in [3.8, 4) is 0 Å².